The highest BCUT2D eigenvalue weighted by atomic mass is 16.7. The molecule has 1 aromatic carbocycles. The van der Waals surface area contributed by atoms with Crippen LogP contribution in [0, 0.1) is 0 Å². The van der Waals surface area contributed by atoms with Crippen molar-refractivity contribution in [1.29, 1.82) is 0 Å². The Hall–Kier alpha value is -2.61. The molecule has 1 rings (SSSR count). The maximum absolute atomic E-state index is 11.9. The average molecular weight is 297 g/mol. The molecule has 1 amide bonds. The smallest absolute Gasteiger partial charge is 0.367 e. The third-order valence-electron chi connectivity index (χ3n) is 2.59. The van der Waals surface area contributed by atoms with Gasteiger partial charge in [-0.25, -0.2) is 9.59 Å². The molecule has 0 aliphatic carbocycles. The van der Waals surface area contributed by atoms with Crippen LogP contribution in [0.5, 0.6) is 5.75 Å². The number of hydrogen-bond donors (Lipinski definition) is 3. The number of phenols is 1. The molecular weight excluding hydrogens is 282 g/mol. The Morgan fingerprint density at radius 1 is 1.29 bits per heavy atom. The summed E-state index contributed by atoms with van der Waals surface area (Å²) in [5.74, 6) is -3.79. The van der Waals surface area contributed by atoms with E-state index < -0.39 is 30.5 Å². The summed E-state index contributed by atoms with van der Waals surface area (Å²) in [5.41, 5.74) is -0.228. The number of amides is 1. The van der Waals surface area contributed by atoms with E-state index in [9.17, 15) is 19.5 Å². The molecule has 3 N–H and O–H groups in total. The SMILES string of the molecule is CCC(=O)N(OC(=O)c1ccccc1O)[C@@H](CO)C(=O)O. The van der Waals surface area contributed by atoms with Gasteiger partial charge in [-0.05, 0) is 12.1 Å². The van der Waals surface area contributed by atoms with Gasteiger partial charge in [0.2, 0.25) is 0 Å². The number of rotatable bonds is 5. The second kappa shape index (κ2) is 7.25. The monoisotopic (exact) mass is 297 g/mol. The van der Waals surface area contributed by atoms with E-state index in [1.807, 2.05) is 0 Å². The molecule has 0 fully saturated rings. The number of carboxylic acids is 1. The van der Waals surface area contributed by atoms with Gasteiger partial charge in [-0.3, -0.25) is 4.79 Å². The van der Waals surface area contributed by atoms with E-state index in [-0.39, 0.29) is 17.7 Å². The van der Waals surface area contributed by atoms with Gasteiger partial charge in [0.15, 0.2) is 6.04 Å². The van der Waals surface area contributed by atoms with Crippen LogP contribution in [0.1, 0.15) is 23.7 Å². The summed E-state index contributed by atoms with van der Waals surface area (Å²) in [5, 5.41) is 27.8. The van der Waals surface area contributed by atoms with Crippen LogP contribution in [0.3, 0.4) is 0 Å². The molecule has 0 saturated carbocycles. The van der Waals surface area contributed by atoms with Crippen LogP contribution in [0.4, 0.5) is 0 Å². The molecule has 0 heterocycles. The lowest BCUT2D eigenvalue weighted by atomic mass is 10.2. The van der Waals surface area contributed by atoms with Crippen molar-refractivity contribution in [2.45, 2.75) is 19.4 Å². The molecule has 1 aromatic rings. The van der Waals surface area contributed by atoms with Gasteiger partial charge in [0, 0.05) is 6.42 Å². The van der Waals surface area contributed by atoms with Crippen LogP contribution in [-0.4, -0.2) is 50.9 Å². The van der Waals surface area contributed by atoms with Crippen LogP contribution in [0.15, 0.2) is 24.3 Å². The summed E-state index contributed by atoms with van der Waals surface area (Å²) >= 11 is 0. The summed E-state index contributed by atoms with van der Waals surface area (Å²) in [6.45, 7) is 0.522. The number of aromatic hydroxyl groups is 1. The van der Waals surface area contributed by atoms with E-state index in [2.05, 4.69) is 0 Å². The number of carbonyl (C=O) groups excluding carboxylic acids is 2. The Labute approximate surface area is 120 Å². The maximum atomic E-state index is 11.9. The van der Waals surface area contributed by atoms with Gasteiger partial charge in [-0.1, -0.05) is 19.1 Å². The zero-order valence-electron chi connectivity index (χ0n) is 11.2. The fraction of sp³-hybridized carbons (Fsp3) is 0.308. The van der Waals surface area contributed by atoms with Crippen molar-refractivity contribution in [2.75, 3.05) is 6.61 Å². The van der Waals surface area contributed by atoms with Crippen LogP contribution >= 0.6 is 0 Å². The fourth-order valence-corrected chi connectivity index (χ4v) is 1.48. The number of aliphatic carboxylic acids is 1. The van der Waals surface area contributed by atoms with E-state index in [1.165, 1.54) is 31.2 Å². The molecule has 0 spiro atoms. The second-order valence-electron chi connectivity index (χ2n) is 4.01. The number of hydroxylamine groups is 2. The maximum Gasteiger partial charge on any atom is 0.367 e. The number of aliphatic hydroxyl groups excluding tert-OH is 1. The van der Waals surface area contributed by atoms with Crippen molar-refractivity contribution in [2.24, 2.45) is 0 Å². The lowest BCUT2D eigenvalue weighted by Crippen LogP contribution is -2.48. The first-order valence-corrected chi connectivity index (χ1v) is 6.08. The first-order valence-electron chi connectivity index (χ1n) is 6.08. The lowest BCUT2D eigenvalue weighted by Gasteiger charge is -2.25. The topological polar surface area (TPSA) is 124 Å². The summed E-state index contributed by atoms with van der Waals surface area (Å²) < 4.78 is 0. The normalized spacial score (nSPS) is 11.5. The minimum absolute atomic E-state index is 0.127. The van der Waals surface area contributed by atoms with Gasteiger partial charge >= 0.3 is 11.9 Å². The number of carboxylic acid groups (broad SMARTS) is 1. The number of nitrogens with zero attached hydrogens (tertiary/aromatic N) is 1. The van der Waals surface area contributed by atoms with Crippen molar-refractivity contribution in [3.05, 3.63) is 29.8 Å². The number of hydrogen-bond acceptors (Lipinski definition) is 6. The molecule has 0 aliphatic heterocycles. The van der Waals surface area contributed by atoms with E-state index in [4.69, 9.17) is 15.1 Å². The average Bonchev–Trinajstić information content (AvgIpc) is 2.46. The molecule has 0 saturated heterocycles. The van der Waals surface area contributed by atoms with E-state index in [0.717, 1.165) is 0 Å². The van der Waals surface area contributed by atoms with Gasteiger partial charge in [0.1, 0.15) is 11.3 Å². The summed E-state index contributed by atoms with van der Waals surface area (Å²) in [6.07, 6.45) is -0.127. The third kappa shape index (κ3) is 3.93. The predicted octanol–water partition coefficient (Wildman–Crippen LogP) is 0.148. The standard InChI is InChI=1S/C13H15NO7/c1-2-11(17)14(9(7-15)12(18)19)21-13(20)8-5-3-4-6-10(8)16/h3-6,9,15-16H,2,7H2,1H3,(H,18,19)/t9-/m0/s1. The largest absolute Gasteiger partial charge is 0.507 e. The first-order chi connectivity index (χ1) is 9.92. The number of para-hydroxylation sites is 1. The molecule has 0 aliphatic rings. The quantitative estimate of drug-likeness (QED) is 0.660. The Bertz CT molecular complexity index is 543. The van der Waals surface area contributed by atoms with Gasteiger partial charge in [-0.15, -0.1) is 0 Å². The van der Waals surface area contributed by atoms with E-state index in [0.29, 0.717) is 5.06 Å². The number of aliphatic hydroxyl groups is 1. The van der Waals surface area contributed by atoms with Gasteiger partial charge < -0.3 is 20.2 Å². The predicted molar refractivity (Wildman–Crippen MR) is 69.2 cm³/mol. The summed E-state index contributed by atoms with van der Waals surface area (Å²) in [6, 6.07) is 3.72. The van der Waals surface area contributed by atoms with Crippen molar-refractivity contribution in [1.82, 2.24) is 5.06 Å². The molecule has 8 nitrogen and oxygen atoms in total. The highest BCUT2D eigenvalue weighted by Gasteiger charge is 2.32. The van der Waals surface area contributed by atoms with Crippen molar-refractivity contribution < 1.29 is 34.5 Å². The number of benzene rings is 1. The molecule has 8 heteroatoms. The highest BCUT2D eigenvalue weighted by Crippen LogP contribution is 2.18. The van der Waals surface area contributed by atoms with Gasteiger partial charge in [0.25, 0.3) is 5.91 Å². The molecule has 0 unspecified atom stereocenters. The fourth-order valence-electron chi connectivity index (χ4n) is 1.48. The molecule has 1 atom stereocenters. The number of phenolic OH excluding ortho intramolecular Hbond substituents is 1. The van der Waals surface area contributed by atoms with Crippen molar-refractivity contribution >= 4 is 17.8 Å². The van der Waals surface area contributed by atoms with Crippen molar-refractivity contribution in [3.8, 4) is 5.75 Å². The summed E-state index contributed by atoms with van der Waals surface area (Å²) in [7, 11) is 0. The van der Waals surface area contributed by atoms with Crippen molar-refractivity contribution in [3.63, 3.8) is 0 Å². The van der Waals surface area contributed by atoms with Crippen LogP contribution in [0.25, 0.3) is 0 Å². The van der Waals surface area contributed by atoms with E-state index >= 15 is 0 Å². The number of carbonyl (C=O) groups is 3. The van der Waals surface area contributed by atoms with E-state index in [1.54, 1.807) is 0 Å². The van der Waals surface area contributed by atoms with Crippen LogP contribution < -0.4 is 0 Å². The first kappa shape index (κ1) is 16.4. The summed E-state index contributed by atoms with van der Waals surface area (Å²) in [4.78, 5) is 39.3. The molecule has 21 heavy (non-hydrogen) atoms. The van der Waals surface area contributed by atoms with Gasteiger partial charge in [0.05, 0.1) is 6.61 Å². The van der Waals surface area contributed by atoms with Crippen LogP contribution in [-0.2, 0) is 14.4 Å². The molecule has 0 radical (unpaired) electrons. The second-order valence-corrected chi connectivity index (χ2v) is 4.01. The minimum Gasteiger partial charge on any atom is -0.507 e. The Morgan fingerprint density at radius 2 is 1.90 bits per heavy atom. The lowest BCUT2D eigenvalue weighted by molar-refractivity contribution is -0.190. The Balaban J connectivity index is 3.02. The third-order valence-corrected chi connectivity index (χ3v) is 2.59. The zero-order chi connectivity index (χ0) is 16.0. The Morgan fingerprint density at radius 3 is 2.38 bits per heavy atom. The Kier molecular flexibility index (Phi) is 5.67. The zero-order valence-corrected chi connectivity index (χ0v) is 11.2. The van der Waals surface area contributed by atoms with Crippen LogP contribution in [0.2, 0.25) is 0 Å². The van der Waals surface area contributed by atoms with Gasteiger partial charge in [-0.2, -0.15) is 5.06 Å². The molecule has 0 aromatic heterocycles. The molecule has 114 valence electrons. The minimum atomic E-state index is -1.72. The highest BCUT2D eigenvalue weighted by molar-refractivity contribution is 5.93. The molecule has 0 bridgehead atoms. The molecular formula is C13H15NO7.